The number of halogens is 1. The zero-order valence-electron chi connectivity index (χ0n) is 14.3. The fraction of sp³-hybridized carbons (Fsp3) is 0.0526. The van der Waals surface area contributed by atoms with E-state index in [1.54, 1.807) is 37.3 Å². The number of benzene rings is 2. The number of aromatic nitrogens is 1. The van der Waals surface area contributed by atoms with Crippen LogP contribution in [0.2, 0.25) is 0 Å². The summed E-state index contributed by atoms with van der Waals surface area (Å²) in [6.45, 7) is 1.56. The van der Waals surface area contributed by atoms with E-state index < -0.39 is 21.7 Å². The second kappa shape index (κ2) is 7.26. The number of carbonyl (C=O) groups excluding carboxylic acids is 1. The fourth-order valence-electron chi connectivity index (χ4n) is 2.48. The van der Waals surface area contributed by atoms with Gasteiger partial charge in [-0.15, -0.1) is 0 Å². The van der Waals surface area contributed by atoms with Gasteiger partial charge in [-0.25, -0.2) is 17.9 Å². The normalized spacial score (nSPS) is 11.2. The highest BCUT2D eigenvalue weighted by Gasteiger charge is 2.12. The van der Waals surface area contributed by atoms with Crippen molar-refractivity contribution in [1.82, 2.24) is 4.98 Å². The molecular weight excluding hydrogens is 369 g/mol. The number of anilines is 1. The molecule has 1 amide bonds. The Kier molecular flexibility index (Phi) is 5.02. The third-order valence-corrected chi connectivity index (χ3v) is 4.77. The van der Waals surface area contributed by atoms with Crippen LogP contribution in [0.3, 0.4) is 0 Å². The van der Waals surface area contributed by atoms with Gasteiger partial charge in [0, 0.05) is 16.8 Å². The van der Waals surface area contributed by atoms with Crippen LogP contribution in [0.1, 0.15) is 16.1 Å². The molecule has 0 saturated heterocycles. The van der Waals surface area contributed by atoms with E-state index in [-0.39, 0.29) is 10.6 Å². The van der Waals surface area contributed by atoms with Crippen molar-refractivity contribution in [3.63, 3.8) is 0 Å². The summed E-state index contributed by atoms with van der Waals surface area (Å²) in [5, 5.41) is 7.73. The quantitative estimate of drug-likeness (QED) is 0.720. The Morgan fingerprint density at radius 3 is 2.52 bits per heavy atom. The first-order valence-corrected chi connectivity index (χ1v) is 9.46. The summed E-state index contributed by atoms with van der Waals surface area (Å²) in [5.74, 6) is -0.829. The number of primary sulfonamides is 1. The lowest BCUT2D eigenvalue weighted by Gasteiger charge is -2.08. The minimum atomic E-state index is -3.87. The number of nitrogens with two attached hydrogens (primary N) is 1. The van der Waals surface area contributed by atoms with Gasteiger partial charge in [0.2, 0.25) is 10.0 Å². The molecule has 0 aliphatic carbocycles. The molecule has 1 heterocycles. The summed E-state index contributed by atoms with van der Waals surface area (Å²) in [6.07, 6.45) is 0. The maximum Gasteiger partial charge on any atom is 0.255 e. The number of nitrogens with zero attached hydrogens (tertiary/aromatic N) is 1. The van der Waals surface area contributed by atoms with E-state index in [1.165, 1.54) is 30.3 Å². The van der Waals surface area contributed by atoms with Crippen molar-refractivity contribution in [1.29, 1.82) is 0 Å². The Balaban J connectivity index is 1.87. The monoisotopic (exact) mass is 385 g/mol. The Labute approximate surface area is 155 Å². The largest absolute Gasteiger partial charge is 0.322 e. The van der Waals surface area contributed by atoms with Crippen LogP contribution in [-0.4, -0.2) is 19.3 Å². The first-order valence-electron chi connectivity index (χ1n) is 7.92. The van der Waals surface area contributed by atoms with Crippen molar-refractivity contribution >= 4 is 21.6 Å². The molecule has 0 fully saturated rings. The topological polar surface area (TPSA) is 102 Å². The molecule has 1 aromatic heterocycles. The van der Waals surface area contributed by atoms with Gasteiger partial charge >= 0.3 is 0 Å². The minimum absolute atomic E-state index is 0.0972. The summed E-state index contributed by atoms with van der Waals surface area (Å²) in [4.78, 5) is 16.6. The van der Waals surface area contributed by atoms with Crippen LogP contribution in [0.15, 0.2) is 65.6 Å². The van der Waals surface area contributed by atoms with E-state index in [1.807, 2.05) is 0 Å². The Bertz CT molecular complexity index is 1130. The number of hydrogen-bond donors (Lipinski definition) is 2. The molecule has 0 aliphatic rings. The average Bonchev–Trinajstić information content (AvgIpc) is 2.63. The van der Waals surface area contributed by atoms with Gasteiger partial charge in [0.15, 0.2) is 0 Å². The third-order valence-electron chi connectivity index (χ3n) is 3.86. The number of hydrogen-bond acceptors (Lipinski definition) is 4. The van der Waals surface area contributed by atoms with E-state index in [2.05, 4.69) is 10.3 Å². The number of amides is 1. The van der Waals surface area contributed by atoms with Gasteiger partial charge in [-0.1, -0.05) is 18.2 Å². The highest BCUT2D eigenvalue weighted by atomic mass is 32.2. The van der Waals surface area contributed by atoms with E-state index in [4.69, 9.17) is 5.14 Å². The molecular formula is C19H16FN3O3S. The summed E-state index contributed by atoms with van der Waals surface area (Å²) in [5.41, 5.74) is 2.11. The van der Waals surface area contributed by atoms with Crippen molar-refractivity contribution < 1.29 is 17.6 Å². The molecule has 0 aliphatic heterocycles. The highest BCUT2D eigenvalue weighted by Crippen LogP contribution is 2.21. The van der Waals surface area contributed by atoms with Crippen molar-refractivity contribution in [2.24, 2.45) is 5.14 Å². The van der Waals surface area contributed by atoms with Crippen LogP contribution >= 0.6 is 0 Å². The molecule has 27 heavy (non-hydrogen) atoms. The predicted molar refractivity (Wildman–Crippen MR) is 100 cm³/mol. The predicted octanol–water partition coefficient (Wildman–Crippen LogP) is 3.10. The zero-order chi connectivity index (χ0) is 19.6. The Morgan fingerprint density at radius 1 is 1.07 bits per heavy atom. The number of carbonyl (C=O) groups is 1. The molecule has 3 N–H and O–H groups in total. The molecule has 0 atom stereocenters. The van der Waals surface area contributed by atoms with Gasteiger partial charge in [-0.05, 0) is 49.4 Å². The van der Waals surface area contributed by atoms with Crippen molar-refractivity contribution in [3.8, 4) is 11.3 Å². The fourth-order valence-corrected chi connectivity index (χ4v) is 3.04. The van der Waals surface area contributed by atoms with Crippen LogP contribution < -0.4 is 10.5 Å². The SMILES string of the molecule is Cc1nc(-c2cccc(C(=O)Nc3cccc(S(N)(=O)=O)c3)c2)ccc1F. The van der Waals surface area contributed by atoms with Crippen molar-refractivity contribution in [3.05, 3.63) is 77.7 Å². The third kappa shape index (κ3) is 4.36. The second-order valence-corrected chi connectivity index (χ2v) is 7.43. The molecule has 0 radical (unpaired) electrons. The van der Waals surface area contributed by atoms with Crippen LogP contribution in [0.5, 0.6) is 0 Å². The standard InChI is InChI=1S/C19H16FN3O3S/c1-12-17(20)8-9-18(22-12)13-4-2-5-14(10-13)19(24)23-15-6-3-7-16(11-15)27(21,25)26/h2-11H,1H3,(H,23,24)(H2,21,25,26). The highest BCUT2D eigenvalue weighted by molar-refractivity contribution is 7.89. The molecule has 0 unspecified atom stereocenters. The van der Waals surface area contributed by atoms with Gasteiger partial charge in [-0.2, -0.15) is 0 Å². The minimum Gasteiger partial charge on any atom is -0.322 e. The molecule has 138 valence electrons. The van der Waals surface area contributed by atoms with Gasteiger partial charge in [-0.3, -0.25) is 9.78 Å². The smallest absolute Gasteiger partial charge is 0.255 e. The maximum atomic E-state index is 13.4. The second-order valence-electron chi connectivity index (χ2n) is 5.87. The number of nitrogens with one attached hydrogen (secondary N) is 1. The van der Waals surface area contributed by atoms with Crippen LogP contribution in [0, 0.1) is 12.7 Å². The summed E-state index contributed by atoms with van der Waals surface area (Å²) < 4.78 is 36.3. The van der Waals surface area contributed by atoms with Crippen LogP contribution in [0.4, 0.5) is 10.1 Å². The molecule has 2 aromatic carbocycles. The van der Waals surface area contributed by atoms with Gasteiger partial charge in [0.1, 0.15) is 5.82 Å². The van der Waals surface area contributed by atoms with E-state index in [9.17, 15) is 17.6 Å². The van der Waals surface area contributed by atoms with Crippen molar-refractivity contribution in [2.75, 3.05) is 5.32 Å². The van der Waals surface area contributed by atoms with Crippen LogP contribution in [0.25, 0.3) is 11.3 Å². The summed E-state index contributed by atoms with van der Waals surface area (Å²) in [6, 6.07) is 15.2. The summed E-state index contributed by atoms with van der Waals surface area (Å²) >= 11 is 0. The lowest BCUT2D eigenvalue weighted by Crippen LogP contribution is -2.14. The first kappa shape index (κ1) is 18.7. The van der Waals surface area contributed by atoms with E-state index >= 15 is 0 Å². The molecule has 0 spiro atoms. The molecule has 6 nitrogen and oxygen atoms in total. The lowest BCUT2D eigenvalue weighted by atomic mass is 10.1. The average molecular weight is 385 g/mol. The van der Waals surface area contributed by atoms with Gasteiger partial charge in [0.05, 0.1) is 16.3 Å². The Morgan fingerprint density at radius 2 is 1.81 bits per heavy atom. The molecule has 0 saturated carbocycles. The number of rotatable bonds is 4. The maximum absolute atomic E-state index is 13.4. The molecule has 8 heteroatoms. The molecule has 3 aromatic rings. The van der Waals surface area contributed by atoms with Crippen LogP contribution in [-0.2, 0) is 10.0 Å². The lowest BCUT2D eigenvalue weighted by molar-refractivity contribution is 0.102. The van der Waals surface area contributed by atoms with E-state index in [0.29, 0.717) is 22.5 Å². The van der Waals surface area contributed by atoms with Gasteiger partial charge in [0.25, 0.3) is 5.91 Å². The van der Waals surface area contributed by atoms with E-state index in [0.717, 1.165) is 0 Å². The molecule has 0 bridgehead atoms. The Hall–Kier alpha value is -3.10. The zero-order valence-corrected chi connectivity index (χ0v) is 15.1. The first-order chi connectivity index (χ1) is 12.7. The number of sulfonamides is 1. The number of aryl methyl sites for hydroxylation is 1. The summed E-state index contributed by atoms with van der Waals surface area (Å²) in [7, 11) is -3.87. The van der Waals surface area contributed by atoms with Crippen molar-refractivity contribution in [2.45, 2.75) is 11.8 Å². The number of pyridine rings is 1. The molecule has 3 rings (SSSR count). The van der Waals surface area contributed by atoms with Gasteiger partial charge < -0.3 is 5.32 Å².